The van der Waals surface area contributed by atoms with Gasteiger partial charge in [0, 0.05) is 51.4 Å². The number of methoxy groups -OCH3 is 1. The van der Waals surface area contributed by atoms with E-state index < -0.39 is 25.5 Å². The van der Waals surface area contributed by atoms with Gasteiger partial charge < -0.3 is 14.5 Å². The summed E-state index contributed by atoms with van der Waals surface area (Å²) in [6, 6.07) is 8.68. The zero-order valence-corrected chi connectivity index (χ0v) is 17.7. The van der Waals surface area contributed by atoms with E-state index in [0.717, 1.165) is 12.1 Å². The summed E-state index contributed by atoms with van der Waals surface area (Å²) in [6.07, 6.45) is 1.63. The SMILES string of the molecule is COc1cccnc1N1CCN(C(=O)CCNS(=O)(=O)c2ccccc2[N+](=O)[O-])CC1. The van der Waals surface area contributed by atoms with Gasteiger partial charge in [-0.05, 0) is 18.2 Å². The highest BCUT2D eigenvalue weighted by atomic mass is 32.2. The Kier molecular flexibility index (Phi) is 7.02. The summed E-state index contributed by atoms with van der Waals surface area (Å²) in [7, 11) is -2.53. The van der Waals surface area contributed by atoms with Gasteiger partial charge in [-0.25, -0.2) is 18.1 Å². The predicted octanol–water partition coefficient (Wildman–Crippen LogP) is 1.02. The molecule has 0 spiro atoms. The van der Waals surface area contributed by atoms with E-state index in [-0.39, 0.29) is 18.9 Å². The Morgan fingerprint density at radius 1 is 1.19 bits per heavy atom. The fourth-order valence-electron chi connectivity index (χ4n) is 3.31. The van der Waals surface area contributed by atoms with Gasteiger partial charge in [-0.2, -0.15) is 0 Å². The van der Waals surface area contributed by atoms with Crippen LogP contribution < -0.4 is 14.4 Å². The largest absolute Gasteiger partial charge is 0.493 e. The van der Waals surface area contributed by atoms with E-state index in [0.29, 0.717) is 37.7 Å². The second kappa shape index (κ2) is 9.71. The summed E-state index contributed by atoms with van der Waals surface area (Å²) >= 11 is 0. The van der Waals surface area contributed by atoms with Crippen molar-refractivity contribution < 1.29 is 22.9 Å². The zero-order valence-electron chi connectivity index (χ0n) is 16.9. The quantitative estimate of drug-likeness (QED) is 0.466. The minimum atomic E-state index is -4.11. The Balaban J connectivity index is 1.53. The van der Waals surface area contributed by atoms with Crippen LogP contribution >= 0.6 is 0 Å². The maximum atomic E-state index is 12.5. The first kappa shape index (κ1) is 22.4. The van der Waals surface area contributed by atoms with Crippen LogP contribution in [0, 0.1) is 10.1 Å². The van der Waals surface area contributed by atoms with Crippen LogP contribution in [-0.2, 0) is 14.8 Å². The van der Waals surface area contributed by atoms with Crippen LogP contribution in [0.1, 0.15) is 6.42 Å². The number of hydrogen-bond acceptors (Lipinski definition) is 8. The van der Waals surface area contributed by atoms with Crippen molar-refractivity contribution in [2.24, 2.45) is 0 Å². The number of carbonyl (C=O) groups is 1. The molecule has 1 aromatic carbocycles. The minimum Gasteiger partial charge on any atom is -0.493 e. The number of para-hydroxylation sites is 1. The van der Waals surface area contributed by atoms with Gasteiger partial charge in [-0.1, -0.05) is 12.1 Å². The smallest absolute Gasteiger partial charge is 0.289 e. The Bertz CT molecular complexity index is 1050. The molecule has 3 rings (SSSR count). The molecule has 0 radical (unpaired) electrons. The van der Waals surface area contributed by atoms with Gasteiger partial charge in [-0.15, -0.1) is 0 Å². The number of rotatable bonds is 8. The minimum absolute atomic E-state index is 0.0488. The molecule has 0 bridgehead atoms. The summed E-state index contributed by atoms with van der Waals surface area (Å²) < 4.78 is 32.4. The third-order valence-corrected chi connectivity index (χ3v) is 6.39. The van der Waals surface area contributed by atoms with Gasteiger partial charge in [0.05, 0.1) is 12.0 Å². The van der Waals surface area contributed by atoms with Crippen molar-refractivity contribution in [3.63, 3.8) is 0 Å². The number of piperazine rings is 1. The monoisotopic (exact) mass is 449 g/mol. The summed E-state index contributed by atoms with van der Waals surface area (Å²) in [4.78, 5) is 30.4. The standard InChI is InChI=1S/C19H23N5O6S/c1-30-16-6-4-9-20-19(16)23-13-11-22(12-14-23)18(25)8-10-21-31(28,29)17-7-3-2-5-15(17)24(26)27/h2-7,9,21H,8,10-14H2,1H3. The van der Waals surface area contributed by atoms with Gasteiger partial charge in [0.1, 0.15) is 0 Å². The molecule has 1 aromatic heterocycles. The van der Waals surface area contributed by atoms with Crippen molar-refractivity contribution in [1.82, 2.24) is 14.6 Å². The number of pyridine rings is 1. The predicted molar refractivity (Wildman–Crippen MR) is 112 cm³/mol. The number of nitro groups is 1. The summed E-state index contributed by atoms with van der Waals surface area (Å²) in [5.74, 6) is 1.18. The van der Waals surface area contributed by atoms with Crippen LogP contribution in [0.5, 0.6) is 5.75 Å². The number of carbonyl (C=O) groups excluding carboxylic acids is 1. The van der Waals surface area contributed by atoms with Crippen LogP contribution in [0.15, 0.2) is 47.5 Å². The third-order valence-electron chi connectivity index (χ3n) is 4.89. The Hall–Kier alpha value is -3.25. The van der Waals surface area contributed by atoms with Crippen LogP contribution in [0.2, 0.25) is 0 Å². The lowest BCUT2D eigenvalue weighted by Crippen LogP contribution is -2.49. The average Bonchev–Trinajstić information content (AvgIpc) is 2.79. The molecular weight excluding hydrogens is 426 g/mol. The highest BCUT2D eigenvalue weighted by Crippen LogP contribution is 2.26. The number of nitro benzene ring substituents is 1. The molecule has 1 saturated heterocycles. The van der Waals surface area contributed by atoms with Crippen molar-refractivity contribution in [3.8, 4) is 5.75 Å². The normalized spacial score (nSPS) is 14.4. The summed E-state index contributed by atoms with van der Waals surface area (Å²) in [5.41, 5.74) is -0.512. The van der Waals surface area contributed by atoms with Gasteiger partial charge in [0.15, 0.2) is 16.5 Å². The molecule has 1 amide bonds. The molecule has 12 heteroatoms. The van der Waals surface area contributed by atoms with Crippen molar-refractivity contribution in [2.75, 3.05) is 44.7 Å². The number of nitrogens with zero attached hydrogens (tertiary/aromatic N) is 4. The maximum Gasteiger partial charge on any atom is 0.289 e. The molecule has 1 fully saturated rings. The fraction of sp³-hybridized carbons (Fsp3) is 0.368. The molecule has 1 aliphatic rings. The van der Waals surface area contributed by atoms with Crippen LogP contribution in [0.25, 0.3) is 0 Å². The van der Waals surface area contributed by atoms with Gasteiger partial charge in [0.25, 0.3) is 5.69 Å². The van der Waals surface area contributed by atoms with E-state index in [2.05, 4.69) is 9.71 Å². The lowest BCUT2D eigenvalue weighted by molar-refractivity contribution is -0.387. The molecule has 0 aliphatic carbocycles. The van der Waals surface area contributed by atoms with E-state index in [9.17, 15) is 23.3 Å². The number of ether oxygens (including phenoxy) is 1. The van der Waals surface area contributed by atoms with Crippen molar-refractivity contribution in [2.45, 2.75) is 11.3 Å². The summed E-state index contributed by atoms with van der Waals surface area (Å²) in [5, 5.41) is 11.1. The molecule has 0 atom stereocenters. The molecule has 1 N–H and O–H groups in total. The van der Waals surface area contributed by atoms with E-state index in [1.165, 1.54) is 12.1 Å². The summed E-state index contributed by atoms with van der Waals surface area (Å²) in [6.45, 7) is 1.93. The lowest BCUT2D eigenvalue weighted by atomic mass is 10.2. The van der Waals surface area contributed by atoms with Crippen LogP contribution in [0.3, 0.4) is 0 Å². The second-order valence-electron chi connectivity index (χ2n) is 6.77. The van der Waals surface area contributed by atoms with E-state index >= 15 is 0 Å². The number of aromatic nitrogens is 1. The number of hydrogen-bond donors (Lipinski definition) is 1. The Morgan fingerprint density at radius 2 is 1.90 bits per heavy atom. The number of benzene rings is 1. The maximum absolute atomic E-state index is 12.5. The van der Waals surface area contributed by atoms with Crippen LogP contribution in [0.4, 0.5) is 11.5 Å². The molecule has 11 nitrogen and oxygen atoms in total. The number of amides is 1. The molecule has 166 valence electrons. The third kappa shape index (κ3) is 5.27. The van der Waals surface area contributed by atoms with E-state index in [1.54, 1.807) is 24.3 Å². The van der Waals surface area contributed by atoms with Crippen molar-refractivity contribution in [3.05, 3.63) is 52.7 Å². The fourth-order valence-corrected chi connectivity index (χ4v) is 4.51. The van der Waals surface area contributed by atoms with Gasteiger partial charge in [0.2, 0.25) is 15.9 Å². The van der Waals surface area contributed by atoms with Crippen molar-refractivity contribution in [1.29, 1.82) is 0 Å². The Labute approximate surface area is 179 Å². The topological polar surface area (TPSA) is 135 Å². The number of nitrogens with one attached hydrogen (secondary N) is 1. The number of anilines is 1. The molecule has 0 unspecified atom stereocenters. The molecule has 31 heavy (non-hydrogen) atoms. The zero-order chi connectivity index (χ0) is 22.4. The lowest BCUT2D eigenvalue weighted by Gasteiger charge is -2.35. The Morgan fingerprint density at radius 3 is 2.58 bits per heavy atom. The molecular formula is C19H23N5O6S. The van der Waals surface area contributed by atoms with Crippen molar-refractivity contribution >= 4 is 27.4 Å². The molecule has 1 aliphatic heterocycles. The first-order valence-corrected chi connectivity index (χ1v) is 11.1. The van der Waals surface area contributed by atoms with Gasteiger partial charge >= 0.3 is 0 Å². The van der Waals surface area contributed by atoms with E-state index in [1.807, 2.05) is 11.0 Å². The number of sulfonamides is 1. The highest BCUT2D eigenvalue weighted by Gasteiger charge is 2.26. The molecule has 0 saturated carbocycles. The van der Waals surface area contributed by atoms with Crippen LogP contribution in [-0.4, -0.2) is 69.0 Å². The van der Waals surface area contributed by atoms with E-state index in [4.69, 9.17) is 4.74 Å². The highest BCUT2D eigenvalue weighted by molar-refractivity contribution is 7.89. The first-order valence-electron chi connectivity index (χ1n) is 9.58. The molecule has 2 heterocycles. The van der Waals surface area contributed by atoms with Gasteiger partial charge in [-0.3, -0.25) is 14.9 Å². The second-order valence-corrected chi connectivity index (χ2v) is 8.51. The first-order chi connectivity index (χ1) is 14.8. The average molecular weight is 449 g/mol. The molecule has 2 aromatic rings.